The van der Waals surface area contributed by atoms with Gasteiger partial charge in [0.05, 0.1) is 26.6 Å². The third-order valence-electron chi connectivity index (χ3n) is 3.16. The van der Waals surface area contributed by atoms with E-state index in [0.717, 1.165) is 20.2 Å². The molecule has 1 aliphatic rings. The van der Waals surface area contributed by atoms with Crippen LogP contribution in [-0.2, 0) is 4.79 Å². The van der Waals surface area contributed by atoms with E-state index in [4.69, 9.17) is 4.74 Å². The minimum absolute atomic E-state index is 0.155. The maximum absolute atomic E-state index is 12.1. The molecule has 0 aromatic heterocycles. The molecule has 0 radical (unpaired) electrons. The normalized spacial score (nSPS) is 17.4. The average Bonchev–Trinajstić information content (AvgIpc) is 2.87. The number of para-hydroxylation sites is 1. The molecule has 24 heavy (non-hydrogen) atoms. The highest BCUT2D eigenvalue weighted by atomic mass is 79.9. The largest absolute Gasteiger partial charge is 0.494 e. The van der Waals surface area contributed by atoms with Gasteiger partial charge in [-0.25, -0.2) is 4.99 Å². The maximum Gasteiger partial charge on any atom is 0.264 e. The maximum atomic E-state index is 12.1. The van der Waals surface area contributed by atoms with Crippen molar-refractivity contribution in [2.45, 2.75) is 0 Å². The Kier molecular flexibility index (Phi) is 5.43. The lowest BCUT2D eigenvalue weighted by atomic mass is 10.2. The predicted octanol–water partition coefficient (Wildman–Crippen LogP) is 5.11. The molecule has 1 heterocycles. The van der Waals surface area contributed by atoms with Crippen LogP contribution >= 0.6 is 43.6 Å². The summed E-state index contributed by atoms with van der Waals surface area (Å²) in [7, 11) is 1.61. The summed E-state index contributed by atoms with van der Waals surface area (Å²) < 4.78 is 6.91. The fourth-order valence-corrected chi connectivity index (χ4v) is 4.50. The highest BCUT2D eigenvalue weighted by molar-refractivity contribution is 9.11. The van der Waals surface area contributed by atoms with Crippen LogP contribution in [0.25, 0.3) is 6.08 Å². The van der Waals surface area contributed by atoms with Crippen molar-refractivity contribution in [2.75, 3.05) is 7.11 Å². The van der Waals surface area contributed by atoms with Crippen molar-refractivity contribution >= 4 is 66.5 Å². The minimum atomic E-state index is -0.155. The minimum Gasteiger partial charge on any atom is -0.494 e. The number of benzene rings is 2. The molecule has 1 saturated heterocycles. The van der Waals surface area contributed by atoms with Gasteiger partial charge in [-0.05, 0) is 79.5 Å². The molecule has 0 atom stereocenters. The number of nitrogens with one attached hydrogen (secondary N) is 1. The zero-order valence-electron chi connectivity index (χ0n) is 12.5. The molecule has 122 valence electrons. The number of amides is 1. The van der Waals surface area contributed by atoms with E-state index in [9.17, 15) is 4.79 Å². The van der Waals surface area contributed by atoms with Crippen molar-refractivity contribution in [1.82, 2.24) is 5.32 Å². The molecule has 0 aliphatic carbocycles. The first kappa shape index (κ1) is 17.3. The van der Waals surface area contributed by atoms with Crippen LogP contribution in [0.15, 0.2) is 61.3 Å². The quantitative estimate of drug-likeness (QED) is 0.638. The van der Waals surface area contributed by atoms with Gasteiger partial charge in [-0.2, -0.15) is 0 Å². The topological polar surface area (TPSA) is 50.7 Å². The SMILES string of the molecule is COc1c(Br)cc(/C=C2\SC(=Nc3ccccc3)NC2=O)cc1Br. The van der Waals surface area contributed by atoms with Crippen LogP contribution in [0.3, 0.4) is 0 Å². The summed E-state index contributed by atoms with van der Waals surface area (Å²) in [5.74, 6) is 0.560. The Labute approximate surface area is 160 Å². The number of ether oxygens (including phenoxy) is 1. The Morgan fingerprint density at radius 3 is 2.46 bits per heavy atom. The molecular weight excluding hydrogens is 456 g/mol. The van der Waals surface area contributed by atoms with Crippen molar-refractivity contribution < 1.29 is 9.53 Å². The van der Waals surface area contributed by atoms with Gasteiger partial charge < -0.3 is 10.1 Å². The molecule has 1 amide bonds. The molecule has 0 spiro atoms. The van der Waals surface area contributed by atoms with Crippen LogP contribution in [0.4, 0.5) is 5.69 Å². The third-order valence-corrected chi connectivity index (χ3v) is 5.25. The number of amidine groups is 1. The Morgan fingerprint density at radius 2 is 1.83 bits per heavy atom. The van der Waals surface area contributed by atoms with Gasteiger partial charge in [0, 0.05) is 0 Å². The molecule has 2 aromatic carbocycles. The third kappa shape index (κ3) is 3.91. The second kappa shape index (κ2) is 7.55. The first-order valence-electron chi connectivity index (χ1n) is 6.94. The van der Waals surface area contributed by atoms with Crippen LogP contribution in [0.5, 0.6) is 5.75 Å². The molecule has 1 aliphatic heterocycles. The molecular formula is C17H12Br2N2O2S. The number of hydrogen-bond donors (Lipinski definition) is 1. The summed E-state index contributed by atoms with van der Waals surface area (Å²) in [6.45, 7) is 0. The summed E-state index contributed by atoms with van der Waals surface area (Å²) in [5.41, 5.74) is 1.68. The van der Waals surface area contributed by atoms with Crippen molar-refractivity contribution in [3.05, 3.63) is 61.9 Å². The standard InChI is InChI=1S/C17H12Br2N2O2S/c1-23-15-12(18)7-10(8-13(15)19)9-14-16(22)21-17(24-14)20-11-5-3-2-4-6-11/h2-9H,1H3,(H,20,21,22)/b14-9-. The second-order valence-electron chi connectivity index (χ2n) is 4.84. The van der Waals surface area contributed by atoms with Gasteiger partial charge in [0.1, 0.15) is 5.75 Å². The second-order valence-corrected chi connectivity index (χ2v) is 7.57. The number of hydrogen-bond acceptors (Lipinski definition) is 4. The number of carbonyl (C=O) groups excluding carboxylic acids is 1. The molecule has 0 bridgehead atoms. The number of halogens is 2. The van der Waals surface area contributed by atoms with Crippen molar-refractivity contribution in [3.8, 4) is 5.75 Å². The molecule has 2 aromatic rings. The lowest BCUT2D eigenvalue weighted by molar-refractivity contribution is -0.115. The van der Waals surface area contributed by atoms with Gasteiger partial charge in [0.15, 0.2) is 5.17 Å². The Balaban J connectivity index is 1.87. The number of nitrogens with zero attached hydrogens (tertiary/aromatic N) is 1. The van der Waals surface area contributed by atoms with E-state index in [1.54, 1.807) is 7.11 Å². The van der Waals surface area contributed by atoms with E-state index in [0.29, 0.717) is 15.8 Å². The zero-order chi connectivity index (χ0) is 17.1. The fraction of sp³-hybridized carbons (Fsp3) is 0.0588. The predicted molar refractivity (Wildman–Crippen MR) is 106 cm³/mol. The van der Waals surface area contributed by atoms with Gasteiger partial charge in [-0.15, -0.1) is 0 Å². The molecule has 3 rings (SSSR count). The first-order valence-corrected chi connectivity index (χ1v) is 9.35. The number of rotatable bonds is 3. The Hall–Kier alpha value is -1.57. The number of aliphatic imine (C=N–C) groups is 1. The molecule has 7 heteroatoms. The molecule has 0 saturated carbocycles. The molecule has 4 nitrogen and oxygen atoms in total. The van der Waals surface area contributed by atoms with Gasteiger partial charge in [-0.1, -0.05) is 18.2 Å². The van der Waals surface area contributed by atoms with E-state index >= 15 is 0 Å². The van der Waals surface area contributed by atoms with E-state index in [1.807, 2.05) is 48.5 Å². The van der Waals surface area contributed by atoms with Crippen molar-refractivity contribution in [3.63, 3.8) is 0 Å². The highest BCUT2D eigenvalue weighted by Gasteiger charge is 2.24. The Bertz CT molecular complexity index is 828. The average molecular weight is 468 g/mol. The zero-order valence-corrected chi connectivity index (χ0v) is 16.5. The van der Waals surface area contributed by atoms with Gasteiger partial charge in [-0.3, -0.25) is 4.79 Å². The van der Waals surface area contributed by atoms with Crippen molar-refractivity contribution in [1.29, 1.82) is 0 Å². The number of thioether (sulfide) groups is 1. The smallest absolute Gasteiger partial charge is 0.264 e. The van der Waals surface area contributed by atoms with Gasteiger partial charge >= 0.3 is 0 Å². The van der Waals surface area contributed by atoms with Gasteiger partial charge in [0.2, 0.25) is 0 Å². The summed E-state index contributed by atoms with van der Waals surface area (Å²) >= 11 is 8.25. The molecule has 1 fully saturated rings. The van der Waals surface area contributed by atoms with Crippen LogP contribution in [-0.4, -0.2) is 18.2 Å². The fourth-order valence-electron chi connectivity index (χ4n) is 2.11. The van der Waals surface area contributed by atoms with E-state index in [-0.39, 0.29) is 5.91 Å². The van der Waals surface area contributed by atoms with Crippen LogP contribution < -0.4 is 10.1 Å². The van der Waals surface area contributed by atoms with Crippen LogP contribution in [0.2, 0.25) is 0 Å². The van der Waals surface area contributed by atoms with Crippen molar-refractivity contribution in [2.24, 2.45) is 4.99 Å². The van der Waals surface area contributed by atoms with E-state index in [2.05, 4.69) is 42.2 Å². The number of carbonyl (C=O) groups is 1. The molecule has 1 N–H and O–H groups in total. The van der Waals surface area contributed by atoms with E-state index < -0.39 is 0 Å². The number of methoxy groups -OCH3 is 1. The highest BCUT2D eigenvalue weighted by Crippen LogP contribution is 2.36. The Morgan fingerprint density at radius 1 is 1.17 bits per heavy atom. The monoisotopic (exact) mass is 466 g/mol. The van der Waals surface area contributed by atoms with E-state index in [1.165, 1.54) is 11.8 Å². The lowest BCUT2D eigenvalue weighted by Crippen LogP contribution is -2.19. The summed E-state index contributed by atoms with van der Waals surface area (Å²) in [6.07, 6.45) is 1.82. The first-order chi connectivity index (χ1) is 11.6. The summed E-state index contributed by atoms with van der Waals surface area (Å²) in [6, 6.07) is 13.3. The van der Waals surface area contributed by atoms with Crippen LogP contribution in [0, 0.1) is 0 Å². The lowest BCUT2D eigenvalue weighted by Gasteiger charge is -2.07. The summed E-state index contributed by atoms with van der Waals surface area (Å²) in [5, 5.41) is 3.36. The van der Waals surface area contributed by atoms with Gasteiger partial charge in [0.25, 0.3) is 5.91 Å². The van der Waals surface area contributed by atoms with Crippen LogP contribution in [0.1, 0.15) is 5.56 Å². The molecule has 0 unspecified atom stereocenters. The summed E-state index contributed by atoms with van der Waals surface area (Å²) in [4.78, 5) is 17.2.